The number of thiazole rings is 1. The van der Waals surface area contributed by atoms with E-state index in [1.54, 1.807) is 6.08 Å². The van der Waals surface area contributed by atoms with Crippen molar-refractivity contribution in [1.82, 2.24) is 14.6 Å². The van der Waals surface area contributed by atoms with Gasteiger partial charge in [-0.05, 0) is 47.1 Å². The van der Waals surface area contributed by atoms with E-state index in [-0.39, 0.29) is 32.8 Å². The van der Waals surface area contributed by atoms with E-state index in [9.17, 15) is 14.7 Å². The van der Waals surface area contributed by atoms with Crippen LogP contribution >= 0.6 is 11.3 Å². The molecule has 2 heterocycles. The third kappa shape index (κ3) is 5.05. The van der Waals surface area contributed by atoms with Gasteiger partial charge in [-0.3, -0.25) is 9.59 Å². The lowest BCUT2D eigenvalue weighted by Crippen LogP contribution is -2.28. The summed E-state index contributed by atoms with van der Waals surface area (Å²) in [6.45, 7) is 14.3. The largest absolute Gasteiger partial charge is 0.507 e. The molecule has 4 rings (SSSR count). The lowest BCUT2D eigenvalue weighted by molar-refractivity contribution is 0.423. The predicted octanol–water partition coefficient (Wildman–Crippen LogP) is 4.26. The summed E-state index contributed by atoms with van der Waals surface area (Å²) < 4.78 is 1.65. The van der Waals surface area contributed by atoms with E-state index in [1.165, 1.54) is 4.52 Å². The number of phenols is 1. The first kappa shape index (κ1) is 24.8. The second-order valence-corrected chi connectivity index (χ2v) is 12.1. The number of fused-ring (bicyclic) bond motifs is 1. The Kier molecular flexibility index (Phi) is 6.18. The van der Waals surface area contributed by atoms with Gasteiger partial charge >= 0.3 is 0 Å². The fourth-order valence-electron chi connectivity index (χ4n) is 3.99. The van der Waals surface area contributed by atoms with E-state index in [0.717, 1.165) is 39.2 Å². The van der Waals surface area contributed by atoms with E-state index in [4.69, 9.17) is 0 Å². The van der Waals surface area contributed by atoms with Crippen LogP contribution in [0.25, 0.3) is 11.0 Å². The van der Waals surface area contributed by atoms with Gasteiger partial charge in [-0.15, -0.1) is 0 Å². The van der Waals surface area contributed by atoms with E-state index in [1.807, 2.05) is 84.9 Å². The van der Waals surface area contributed by atoms with Crippen LogP contribution in [0.5, 0.6) is 5.75 Å². The molecule has 0 aliphatic carbocycles. The topological polar surface area (TPSA) is 84.6 Å². The van der Waals surface area contributed by atoms with Gasteiger partial charge in [0.15, 0.2) is 0 Å². The number of benzene rings is 2. The van der Waals surface area contributed by atoms with Crippen LogP contribution in [0.4, 0.5) is 0 Å². The van der Waals surface area contributed by atoms with Crippen LogP contribution in [-0.2, 0) is 17.3 Å². The molecule has 7 heteroatoms. The molecule has 0 saturated heterocycles. The molecule has 0 aliphatic rings. The van der Waals surface area contributed by atoms with E-state index >= 15 is 0 Å². The second kappa shape index (κ2) is 8.72. The zero-order valence-corrected chi connectivity index (χ0v) is 22.1. The quantitative estimate of drug-likeness (QED) is 0.465. The summed E-state index contributed by atoms with van der Waals surface area (Å²) in [5.74, 6) is 0.287. The molecule has 0 radical (unpaired) electrons. The van der Waals surface area contributed by atoms with Crippen molar-refractivity contribution in [2.24, 2.45) is 0 Å². The van der Waals surface area contributed by atoms with Crippen LogP contribution in [0.1, 0.15) is 75.1 Å². The first-order valence-corrected chi connectivity index (χ1v) is 12.4. The Hall–Kier alpha value is -3.32. The lowest BCUT2D eigenvalue weighted by atomic mass is 9.78. The van der Waals surface area contributed by atoms with Gasteiger partial charge in [-0.25, -0.2) is 0 Å². The molecule has 1 N–H and O–H groups in total. The maximum absolute atomic E-state index is 13.2. The summed E-state index contributed by atoms with van der Waals surface area (Å²) in [5, 5.41) is 15.3. The van der Waals surface area contributed by atoms with E-state index < -0.39 is 5.56 Å². The molecular formula is C28H31N3O3S. The van der Waals surface area contributed by atoms with Gasteiger partial charge in [-0.2, -0.15) is 14.6 Å². The Morgan fingerprint density at radius 3 is 2.09 bits per heavy atom. The standard InChI is InChI=1S/C28H31N3O3S/c1-16-8-10-17(11-9-16)14-21-24(33)29-26-31(30-21)25(34)22(35-26)15-18-12-19(27(2,3)4)23(32)20(13-18)28(5,6)7/h8-13,15,32H,14H2,1-7H3/b22-15-. The van der Waals surface area contributed by atoms with Crippen LogP contribution in [-0.4, -0.2) is 19.7 Å². The van der Waals surface area contributed by atoms with Gasteiger partial charge in [-0.1, -0.05) is 82.7 Å². The zero-order valence-electron chi connectivity index (χ0n) is 21.3. The smallest absolute Gasteiger partial charge is 0.296 e. The normalized spacial score (nSPS) is 13.1. The molecule has 35 heavy (non-hydrogen) atoms. The molecule has 0 unspecified atom stereocenters. The van der Waals surface area contributed by atoms with Crippen LogP contribution in [0.15, 0.2) is 46.0 Å². The van der Waals surface area contributed by atoms with Crippen molar-refractivity contribution < 1.29 is 5.11 Å². The molecule has 0 amide bonds. The molecule has 182 valence electrons. The van der Waals surface area contributed by atoms with Crippen LogP contribution in [0.2, 0.25) is 0 Å². The Balaban J connectivity index is 1.86. The zero-order chi connectivity index (χ0) is 25.7. The van der Waals surface area contributed by atoms with Gasteiger partial charge in [0.25, 0.3) is 11.1 Å². The molecule has 0 aliphatic heterocycles. The first-order valence-electron chi connectivity index (χ1n) is 11.6. The SMILES string of the molecule is Cc1ccc(Cc2nn3c(=O)/c(=C/c4cc(C(C)(C)C)c(O)c(C(C)(C)C)c4)sc3nc2=O)cc1. The van der Waals surface area contributed by atoms with Crippen molar-refractivity contribution in [3.8, 4) is 5.75 Å². The van der Waals surface area contributed by atoms with Crippen molar-refractivity contribution in [1.29, 1.82) is 0 Å². The highest BCUT2D eigenvalue weighted by Gasteiger charge is 2.26. The molecule has 2 aromatic carbocycles. The second-order valence-electron chi connectivity index (χ2n) is 11.1. The molecule has 0 spiro atoms. The van der Waals surface area contributed by atoms with Crippen LogP contribution < -0.4 is 15.7 Å². The van der Waals surface area contributed by atoms with Crippen LogP contribution in [0, 0.1) is 6.92 Å². The van der Waals surface area contributed by atoms with Crippen molar-refractivity contribution in [3.63, 3.8) is 0 Å². The molecule has 2 aromatic heterocycles. The fraction of sp³-hybridized carbons (Fsp3) is 0.357. The molecule has 0 bridgehead atoms. The molecule has 0 atom stereocenters. The summed E-state index contributed by atoms with van der Waals surface area (Å²) in [7, 11) is 0. The molecule has 6 nitrogen and oxygen atoms in total. The number of nitrogens with zero attached hydrogens (tertiary/aromatic N) is 3. The highest BCUT2D eigenvalue weighted by atomic mass is 32.1. The predicted molar refractivity (Wildman–Crippen MR) is 142 cm³/mol. The average molecular weight is 490 g/mol. The maximum Gasteiger partial charge on any atom is 0.296 e. The minimum Gasteiger partial charge on any atom is -0.507 e. The lowest BCUT2D eigenvalue weighted by Gasteiger charge is -2.27. The van der Waals surface area contributed by atoms with Crippen molar-refractivity contribution in [2.45, 2.75) is 65.7 Å². The summed E-state index contributed by atoms with van der Waals surface area (Å²) in [4.78, 5) is 30.2. The number of aryl methyl sites for hydroxylation is 1. The minimum absolute atomic E-state index is 0.238. The molecular weight excluding hydrogens is 458 g/mol. The van der Waals surface area contributed by atoms with Gasteiger partial charge in [0.1, 0.15) is 11.4 Å². The van der Waals surface area contributed by atoms with Gasteiger partial charge < -0.3 is 5.11 Å². The Morgan fingerprint density at radius 1 is 0.971 bits per heavy atom. The number of aromatic nitrogens is 3. The van der Waals surface area contributed by atoms with Crippen molar-refractivity contribution in [3.05, 3.63) is 95.1 Å². The average Bonchev–Trinajstić information content (AvgIpc) is 3.03. The van der Waals surface area contributed by atoms with E-state index in [2.05, 4.69) is 10.1 Å². The number of hydrogen-bond donors (Lipinski definition) is 1. The summed E-state index contributed by atoms with van der Waals surface area (Å²) in [5.41, 5.74) is 3.44. The number of rotatable bonds is 3. The van der Waals surface area contributed by atoms with Crippen molar-refractivity contribution in [2.75, 3.05) is 0 Å². The number of phenolic OH excluding ortho intramolecular Hbond substituents is 1. The van der Waals surface area contributed by atoms with Crippen LogP contribution in [0.3, 0.4) is 0 Å². The Labute approximate surface area is 208 Å². The summed E-state index contributed by atoms with van der Waals surface area (Å²) >= 11 is 1.14. The number of aromatic hydroxyl groups is 1. The molecule has 0 fully saturated rings. The first-order chi connectivity index (χ1) is 16.2. The Bertz CT molecular complexity index is 1550. The fourth-order valence-corrected chi connectivity index (χ4v) is 4.89. The molecule has 4 aromatic rings. The monoisotopic (exact) mass is 489 g/mol. The Morgan fingerprint density at radius 2 is 1.54 bits per heavy atom. The highest BCUT2D eigenvalue weighted by Crippen LogP contribution is 2.39. The van der Waals surface area contributed by atoms with Gasteiger partial charge in [0, 0.05) is 17.5 Å². The van der Waals surface area contributed by atoms with Gasteiger partial charge in [0.05, 0.1) is 4.53 Å². The summed E-state index contributed by atoms with van der Waals surface area (Å²) in [6.07, 6.45) is 2.10. The van der Waals surface area contributed by atoms with Gasteiger partial charge in [0.2, 0.25) is 4.96 Å². The third-order valence-electron chi connectivity index (χ3n) is 5.99. The summed E-state index contributed by atoms with van der Waals surface area (Å²) in [6, 6.07) is 11.7. The van der Waals surface area contributed by atoms with E-state index in [0.29, 0.717) is 11.0 Å². The highest BCUT2D eigenvalue weighted by molar-refractivity contribution is 7.15. The minimum atomic E-state index is -0.423. The van der Waals surface area contributed by atoms with Crippen molar-refractivity contribution >= 4 is 22.4 Å². The molecule has 0 saturated carbocycles. The maximum atomic E-state index is 13.2. The number of hydrogen-bond acceptors (Lipinski definition) is 6. The third-order valence-corrected chi connectivity index (χ3v) is 6.95.